The topological polar surface area (TPSA) is 66.5 Å². The maximum Gasteiger partial charge on any atom is 0.262 e. The van der Waals surface area contributed by atoms with E-state index in [0.29, 0.717) is 24.0 Å². The number of nitrogens with zero attached hydrogens (tertiary/aromatic N) is 1. The highest BCUT2D eigenvalue weighted by atomic mass is 16.2. The molecule has 1 aliphatic heterocycles. The fourth-order valence-electron chi connectivity index (χ4n) is 2.77. The monoisotopic (exact) mass is 314 g/mol. The Bertz CT molecular complexity index is 664. The number of fused-ring (bicyclic) bond motifs is 1. The molecule has 122 valence electrons. The predicted octanol–water partition coefficient (Wildman–Crippen LogP) is 2.83. The molecule has 1 atom stereocenters. The summed E-state index contributed by atoms with van der Waals surface area (Å²) in [4.78, 5) is 38.6. The normalized spacial score (nSPS) is 14.9. The molecule has 0 saturated heterocycles. The van der Waals surface area contributed by atoms with Crippen LogP contribution in [0.25, 0.3) is 0 Å². The van der Waals surface area contributed by atoms with Gasteiger partial charge in [0.2, 0.25) is 5.91 Å². The van der Waals surface area contributed by atoms with Gasteiger partial charge in [-0.25, -0.2) is 0 Å². The molecule has 0 aromatic heterocycles. The lowest BCUT2D eigenvalue weighted by Gasteiger charge is -2.24. The summed E-state index contributed by atoms with van der Waals surface area (Å²) in [6.07, 6.45) is 2.36. The molecule has 0 radical (unpaired) electrons. The van der Waals surface area contributed by atoms with Crippen molar-refractivity contribution in [3.63, 3.8) is 0 Å². The Morgan fingerprint density at radius 2 is 1.91 bits per heavy atom. The Kier molecular flexibility index (Phi) is 4.98. The summed E-state index contributed by atoms with van der Waals surface area (Å²) < 4.78 is 0. The van der Waals surface area contributed by atoms with Crippen LogP contribution in [0, 0.1) is 0 Å². The van der Waals surface area contributed by atoms with Gasteiger partial charge in [-0.1, -0.05) is 39.8 Å². The van der Waals surface area contributed by atoms with Crippen molar-refractivity contribution in [2.75, 3.05) is 0 Å². The van der Waals surface area contributed by atoms with Crippen LogP contribution in [0.2, 0.25) is 0 Å². The maximum absolute atomic E-state index is 12.7. The van der Waals surface area contributed by atoms with Crippen LogP contribution in [0.3, 0.4) is 0 Å². The Labute approximate surface area is 136 Å². The number of benzene rings is 1. The fourth-order valence-corrected chi connectivity index (χ4v) is 2.77. The molecule has 1 aliphatic rings. The van der Waals surface area contributed by atoms with E-state index in [1.165, 1.54) is 6.20 Å². The summed E-state index contributed by atoms with van der Waals surface area (Å²) in [5, 5.41) is 2.48. The second-order valence-corrected chi connectivity index (χ2v) is 5.96. The largest absolute Gasteiger partial charge is 0.331 e. The molecule has 0 spiro atoms. The smallest absolute Gasteiger partial charge is 0.262 e. The second kappa shape index (κ2) is 6.77. The molecule has 1 aromatic rings. The molecule has 0 saturated carbocycles. The highest BCUT2D eigenvalue weighted by Gasteiger charge is 2.42. The van der Waals surface area contributed by atoms with Crippen molar-refractivity contribution in [2.24, 2.45) is 0 Å². The minimum Gasteiger partial charge on any atom is -0.331 e. The van der Waals surface area contributed by atoms with Gasteiger partial charge in [0.1, 0.15) is 6.04 Å². The number of hydrogen-bond acceptors (Lipinski definition) is 3. The van der Waals surface area contributed by atoms with E-state index in [4.69, 9.17) is 0 Å². The van der Waals surface area contributed by atoms with Crippen molar-refractivity contribution in [1.82, 2.24) is 10.2 Å². The third-order valence-electron chi connectivity index (χ3n) is 4.03. The number of nitrogens with one attached hydrogen (secondary N) is 1. The first-order chi connectivity index (χ1) is 10.9. The third kappa shape index (κ3) is 3.04. The van der Waals surface area contributed by atoms with E-state index in [9.17, 15) is 14.4 Å². The molecule has 0 bridgehead atoms. The van der Waals surface area contributed by atoms with Crippen LogP contribution >= 0.6 is 0 Å². The zero-order valence-corrected chi connectivity index (χ0v) is 13.8. The molecule has 5 heteroatoms. The van der Waals surface area contributed by atoms with Gasteiger partial charge in [-0.05, 0) is 36.2 Å². The summed E-state index contributed by atoms with van der Waals surface area (Å²) in [5.41, 5.74) is 1.75. The van der Waals surface area contributed by atoms with Crippen LogP contribution in [0.15, 0.2) is 31.0 Å². The molecule has 3 amide bonds. The molecular weight excluding hydrogens is 292 g/mol. The van der Waals surface area contributed by atoms with E-state index in [2.05, 4.69) is 11.9 Å². The van der Waals surface area contributed by atoms with Crippen molar-refractivity contribution < 1.29 is 14.4 Å². The van der Waals surface area contributed by atoms with Crippen molar-refractivity contribution in [3.8, 4) is 0 Å². The average Bonchev–Trinajstić information content (AvgIpc) is 2.76. The summed E-state index contributed by atoms with van der Waals surface area (Å²) >= 11 is 0. The third-order valence-corrected chi connectivity index (χ3v) is 4.03. The van der Waals surface area contributed by atoms with Crippen molar-refractivity contribution in [3.05, 3.63) is 47.7 Å². The molecule has 5 nitrogen and oxygen atoms in total. The van der Waals surface area contributed by atoms with Crippen molar-refractivity contribution in [1.29, 1.82) is 0 Å². The van der Waals surface area contributed by atoms with Gasteiger partial charge in [-0.3, -0.25) is 19.3 Å². The minimum absolute atomic E-state index is 0.257. The molecule has 1 unspecified atom stereocenters. The number of hydrogen-bond donors (Lipinski definition) is 1. The quantitative estimate of drug-likeness (QED) is 0.821. The number of rotatable bonds is 6. The number of carbonyl (C=O) groups is 3. The average molecular weight is 314 g/mol. The van der Waals surface area contributed by atoms with E-state index >= 15 is 0 Å². The molecule has 2 rings (SSSR count). The molecular formula is C18H22N2O3. The standard InChI is InChI=1S/C18H22N2O3/c1-5-7-15(16(21)19-6-2)20-17(22)13-9-8-12(11(3)4)10-14(13)18(20)23/h6,8-11,15H,2,5,7H2,1,3-4H3,(H,19,21). The van der Waals surface area contributed by atoms with Crippen molar-refractivity contribution in [2.45, 2.75) is 45.6 Å². The summed E-state index contributed by atoms with van der Waals surface area (Å²) in [5.74, 6) is -0.934. The van der Waals surface area contributed by atoms with E-state index in [0.717, 1.165) is 10.5 Å². The lowest BCUT2D eigenvalue weighted by atomic mass is 9.98. The highest BCUT2D eigenvalue weighted by Crippen LogP contribution is 2.29. The fraction of sp³-hybridized carbons (Fsp3) is 0.389. The Morgan fingerprint density at radius 3 is 2.48 bits per heavy atom. The lowest BCUT2D eigenvalue weighted by Crippen LogP contribution is -2.48. The molecule has 23 heavy (non-hydrogen) atoms. The number of imide groups is 1. The van der Waals surface area contributed by atoms with Crippen LogP contribution < -0.4 is 5.32 Å². The minimum atomic E-state index is -0.812. The summed E-state index contributed by atoms with van der Waals surface area (Å²) in [6, 6.07) is 4.48. The number of amides is 3. The van der Waals surface area contributed by atoms with Crippen LogP contribution in [-0.2, 0) is 4.79 Å². The summed E-state index contributed by atoms with van der Waals surface area (Å²) in [6.45, 7) is 9.42. The molecule has 0 aliphatic carbocycles. The van der Waals surface area contributed by atoms with E-state index in [1.54, 1.807) is 12.1 Å². The van der Waals surface area contributed by atoms with Crippen LogP contribution in [0.4, 0.5) is 0 Å². The van der Waals surface area contributed by atoms with Gasteiger partial charge in [0.05, 0.1) is 11.1 Å². The first-order valence-corrected chi connectivity index (χ1v) is 7.85. The SMILES string of the molecule is C=CNC(=O)C(CCC)N1C(=O)c2ccc(C(C)C)cc2C1=O. The van der Waals surface area contributed by atoms with Gasteiger partial charge in [0, 0.05) is 0 Å². The van der Waals surface area contributed by atoms with Crippen molar-refractivity contribution >= 4 is 17.7 Å². The Balaban J connectivity index is 2.41. The maximum atomic E-state index is 12.7. The first kappa shape index (κ1) is 16.9. The zero-order chi connectivity index (χ0) is 17.1. The highest BCUT2D eigenvalue weighted by molar-refractivity contribution is 6.23. The van der Waals surface area contributed by atoms with Gasteiger partial charge in [-0.2, -0.15) is 0 Å². The Morgan fingerprint density at radius 1 is 1.26 bits per heavy atom. The molecule has 1 N–H and O–H groups in total. The molecule has 1 heterocycles. The summed E-state index contributed by atoms with van der Waals surface area (Å²) in [7, 11) is 0. The van der Waals surface area contributed by atoms with Gasteiger partial charge in [-0.15, -0.1) is 0 Å². The van der Waals surface area contributed by atoms with E-state index in [-0.39, 0.29) is 11.8 Å². The predicted molar refractivity (Wildman–Crippen MR) is 88.1 cm³/mol. The number of carbonyl (C=O) groups excluding carboxylic acids is 3. The van der Waals surface area contributed by atoms with Crippen LogP contribution in [0.1, 0.15) is 65.8 Å². The zero-order valence-electron chi connectivity index (χ0n) is 13.8. The van der Waals surface area contributed by atoms with E-state index < -0.39 is 17.9 Å². The van der Waals surface area contributed by atoms with E-state index in [1.807, 2.05) is 26.8 Å². The Hall–Kier alpha value is -2.43. The first-order valence-electron chi connectivity index (χ1n) is 7.85. The molecule has 0 fully saturated rings. The van der Waals surface area contributed by atoms with Crippen LogP contribution in [0.5, 0.6) is 0 Å². The van der Waals surface area contributed by atoms with Gasteiger partial charge < -0.3 is 5.32 Å². The molecule has 1 aromatic carbocycles. The van der Waals surface area contributed by atoms with Gasteiger partial charge in [0.25, 0.3) is 11.8 Å². The van der Waals surface area contributed by atoms with Gasteiger partial charge >= 0.3 is 0 Å². The lowest BCUT2D eigenvalue weighted by molar-refractivity contribution is -0.124. The van der Waals surface area contributed by atoms with Crippen LogP contribution in [-0.4, -0.2) is 28.7 Å². The second-order valence-electron chi connectivity index (χ2n) is 5.96. The van der Waals surface area contributed by atoms with Gasteiger partial charge in [0.15, 0.2) is 0 Å².